The van der Waals surface area contributed by atoms with Crippen molar-refractivity contribution in [3.63, 3.8) is 0 Å². The standard InChI is InChI=1S/C17H25N3O2.ClH/c1-11(2)19-16(21)8-13-4-6-15(7-5-13)20-17(22)12(3)14-9-18-10-14;/h4-7,11-12,14,18H,8-10H2,1-3H3,(H,19,21)(H,20,22);1H. The molecule has 1 aliphatic heterocycles. The average molecular weight is 340 g/mol. The Labute approximate surface area is 144 Å². The molecule has 6 heteroatoms. The van der Waals surface area contributed by atoms with Gasteiger partial charge in [0.15, 0.2) is 0 Å². The van der Waals surface area contributed by atoms with Crippen molar-refractivity contribution in [2.45, 2.75) is 33.2 Å². The first-order valence-electron chi connectivity index (χ1n) is 7.85. The normalized spacial score (nSPS) is 15.3. The SMILES string of the molecule is CC(C)NC(=O)Cc1ccc(NC(=O)C(C)C2CNC2)cc1.Cl. The topological polar surface area (TPSA) is 70.2 Å². The number of amides is 2. The molecule has 0 aliphatic carbocycles. The van der Waals surface area contributed by atoms with Crippen LogP contribution in [0.5, 0.6) is 0 Å². The monoisotopic (exact) mass is 339 g/mol. The molecule has 1 heterocycles. The molecule has 0 spiro atoms. The van der Waals surface area contributed by atoms with Crippen LogP contribution < -0.4 is 16.0 Å². The number of hydrogen-bond acceptors (Lipinski definition) is 3. The summed E-state index contributed by atoms with van der Waals surface area (Å²) in [5, 5.41) is 8.98. The van der Waals surface area contributed by atoms with Gasteiger partial charge in [0, 0.05) is 17.6 Å². The van der Waals surface area contributed by atoms with Crippen LogP contribution in [-0.2, 0) is 16.0 Å². The summed E-state index contributed by atoms with van der Waals surface area (Å²) in [5.41, 5.74) is 1.71. The zero-order valence-corrected chi connectivity index (χ0v) is 14.7. The minimum absolute atomic E-state index is 0. The minimum Gasteiger partial charge on any atom is -0.354 e. The molecular formula is C17H26ClN3O2. The maximum atomic E-state index is 12.1. The van der Waals surface area contributed by atoms with Gasteiger partial charge >= 0.3 is 0 Å². The molecular weight excluding hydrogens is 314 g/mol. The van der Waals surface area contributed by atoms with Crippen molar-refractivity contribution in [1.29, 1.82) is 0 Å². The third kappa shape index (κ3) is 5.84. The second-order valence-corrected chi connectivity index (χ2v) is 6.29. The molecule has 0 radical (unpaired) electrons. The van der Waals surface area contributed by atoms with E-state index in [1.54, 1.807) is 0 Å². The van der Waals surface area contributed by atoms with E-state index in [2.05, 4.69) is 16.0 Å². The maximum Gasteiger partial charge on any atom is 0.227 e. The lowest BCUT2D eigenvalue weighted by atomic mass is 9.88. The Kier molecular flexibility index (Phi) is 7.52. The van der Waals surface area contributed by atoms with E-state index in [9.17, 15) is 9.59 Å². The highest BCUT2D eigenvalue weighted by Crippen LogP contribution is 2.18. The van der Waals surface area contributed by atoms with E-state index in [0.29, 0.717) is 12.3 Å². The minimum atomic E-state index is 0. The first-order chi connectivity index (χ1) is 10.5. The molecule has 0 saturated carbocycles. The van der Waals surface area contributed by atoms with Crippen molar-refractivity contribution in [3.05, 3.63) is 29.8 Å². The molecule has 1 unspecified atom stereocenters. The lowest BCUT2D eigenvalue weighted by Gasteiger charge is -2.31. The van der Waals surface area contributed by atoms with Gasteiger partial charge in [-0.15, -0.1) is 12.4 Å². The van der Waals surface area contributed by atoms with Crippen molar-refractivity contribution in [3.8, 4) is 0 Å². The van der Waals surface area contributed by atoms with E-state index < -0.39 is 0 Å². The number of halogens is 1. The number of carbonyl (C=O) groups excluding carboxylic acids is 2. The molecule has 1 aliphatic rings. The Bertz CT molecular complexity index is 527. The molecule has 1 aromatic rings. The molecule has 5 nitrogen and oxygen atoms in total. The van der Waals surface area contributed by atoms with Crippen LogP contribution in [0.4, 0.5) is 5.69 Å². The van der Waals surface area contributed by atoms with E-state index in [1.165, 1.54) is 0 Å². The molecule has 1 atom stereocenters. The Morgan fingerprint density at radius 2 is 1.78 bits per heavy atom. The summed E-state index contributed by atoms with van der Waals surface area (Å²) in [7, 11) is 0. The smallest absolute Gasteiger partial charge is 0.227 e. The summed E-state index contributed by atoms with van der Waals surface area (Å²) in [6.45, 7) is 7.67. The predicted octanol–water partition coefficient (Wildman–Crippen LogP) is 1.97. The number of rotatable bonds is 6. The van der Waals surface area contributed by atoms with Gasteiger partial charge in [-0.2, -0.15) is 0 Å². The van der Waals surface area contributed by atoms with Crippen molar-refractivity contribution in [2.24, 2.45) is 11.8 Å². The van der Waals surface area contributed by atoms with Crippen LogP contribution >= 0.6 is 12.4 Å². The third-order valence-corrected chi connectivity index (χ3v) is 3.97. The van der Waals surface area contributed by atoms with E-state index in [1.807, 2.05) is 45.0 Å². The van der Waals surface area contributed by atoms with Crippen molar-refractivity contribution < 1.29 is 9.59 Å². The van der Waals surface area contributed by atoms with Gasteiger partial charge in [0.05, 0.1) is 6.42 Å². The third-order valence-electron chi connectivity index (χ3n) is 3.97. The van der Waals surface area contributed by atoms with Crippen molar-refractivity contribution in [1.82, 2.24) is 10.6 Å². The van der Waals surface area contributed by atoms with Gasteiger partial charge in [-0.25, -0.2) is 0 Å². The van der Waals surface area contributed by atoms with Crippen LogP contribution in [0.15, 0.2) is 24.3 Å². The van der Waals surface area contributed by atoms with Gasteiger partial charge in [0.1, 0.15) is 0 Å². The quantitative estimate of drug-likeness (QED) is 0.742. The predicted molar refractivity (Wildman–Crippen MR) is 94.8 cm³/mol. The number of carbonyl (C=O) groups is 2. The Hall–Kier alpha value is -1.59. The van der Waals surface area contributed by atoms with Crippen LogP contribution in [0.1, 0.15) is 26.3 Å². The van der Waals surface area contributed by atoms with Crippen LogP contribution in [0, 0.1) is 11.8 Å². The first-order valence-corrected chi connectivity index (χ1v) is 7.85. The fourth-order valence-electron chi connectivity index (χ4n) is 2.40. The van der Waals surface area contributed by atoms with Crippen LogP contribution in [0.2, 0.25) is 0 Å². The second kappa shape index (κ2) is 8.89. The van der Waals surface area contributed by atoms with Gasteiger partial charge in [-0.05, 0) is 50.6 Å². The first kappa shape index (κ1) is 19.5. The summed E-state index contributed by atoms with van der Waals surface area (Å²) in [4.78, 5) is 23.8. The van der Waals surface area contributed by atoms with E-state index in [-0.39, 0.29) is 36.2 Å². The number of nitrogens with one attached hydrogen (secondary N) is 3. The summed E-state index contributed by atoms with van der Waals surface area (Å²) < 4.78 is 0. The number of anilines is 1. The highest BCUT2D eigenvalue weighted by molar-refractivity contribution is 5.92. The molecule has 1 aromatic carbocycles. The number of benzene rings is 1. The van der Waals surface area contributed by atoms with E-state index in [0.717, 1.165) is 24.3 Å². The molecule has 3 N–H and O–H groups in total. The van der Waals surface area contributed by atoms with E-state index >= 15 is 0 Å². The number of hydrogen-bond donors (Lipinski definition) is 3. The lowest BCUT2D eigenvalue weighted by Crippen LogP contribution is -2.48. The molecule has 2 amide bonds. The fraction of sp³-hybridized carbons (Fsp3) is 0.529. The largest absolute Gasteiger partial charge is 0.354 e. The van der Waals surface area contributed by atoms with Gasteiger partial charge < -0.3 is 16.0 Å². The highest BCUT2D eigenvalue weighted by Gasteiger charge is 2.28. The molecule has 0 aromatic heterocycles. The van der Waals surface area contributed by atoms with Crippen LogP contribution in [0.25, 0.3) is 0 Å². The van der Waals surface area contributed by atoms with Gasteiger partial charge in [-0.3, -0.25) is 9.59 Å². The molecule has 23 heavy (non-hydrogen) atoms. The van der Waals surface area contributed by atoms with Gasteiger partial charge in [-0.1, -0.05) is 19.1 Å². The summed E-state index contributed by atoms with van der Waals surface area (Å²) >= 11 is 0. The summed E-state index contributed by atoms with van der Waals surface area (Å²) in [5.74, 6) is 0.506. The average Bonchev–Trinajstić information content (AvgIpc) is 2.38. The van der Waals surface area contributed by atoms with E-state index in [4.69, 9.17) is 0 Å². The van der Waals surface area contributed by atoms with Crippen LogP contribution in [-0.4, -0.2) is 30.9 Å². The molecule has 1 saturated heterocycles. The lowest BCUT2D eigenvalue weighted by molar-refractivity contribution is -0.122. The van der Waals surface area contributed by atoms with Gasteiger partial charge in [0.2, 0.25) is 11.8 Å². The van der Waals surface area contributed by atoms with Crippen molar-refractivity contribution in [2.75, 3.05) is 18.4 Å². The molecule has 1 fully saturated rings. The zero-order chi connectivity index (χ0) is 16.1. The molecule has 128 valence electrons. The highest BCUT2D eigenvalue weighted by atomic mass is 35.5. The fourth-order valence-corrected chi connectivity index (χ4v) is 2.40. The Balaban J connectivity index is 0.00000264. The Morgan fingerprint density at radius 3 is 2.26 bits per heavy atom. The Morgan fingerprint density at radius 1 is 1.17 bits per heavy atom. The molecule has 0 bridgehead atoms. The second-order valence-electron chi connectivity index (χ2n) is 6.29. The summed E-state index contributed by atoms with van der Waals surface area (Å²) in [6, 6.07) is 7.60. The van der Waals surface area contributed by atoms with Crippen molar-refractivity contribution >= 4 is 29.9 Å². The summed E-state index contributed by atoms with van der Waals surface area (Å²) in [6.07, 6.45) is 0.358. The zero-order valence-electron chi connectivity index (χ0n) is 13.9. The molecule has 2 rings (SSSR count). The van der Waals surface area contributed by atoms with Crippen LogP contribution in [0.3, 0.4) is 0 Å². The van der Waals surface area contributed by atoms with Gasteiger partial charge in [0.25, 0.3) is 0 Å². The maximum absolute atomic E-state index is 12.1.